The van der Waals surface area contributed by atoms with Crippen LogP contribution in [0.25, 0.3) is 11.0 Å². The standard InChI is InChI=1S/C25H27F8N7O2/c1-13(34-19(41)6-9-24(28,29)30)15-2-3-16-17(10-15)36-21(35-16)20(14-4-7-23(26,27)8-5-14)37-22(42)18-11-40(39-38-18)12-25(31,32)33/h2-3,10-11,13-14,20H,4-9,12H2,1H3,(H,34,41)(H,35,36)(H,37,42)/t13-,20+/m1/s1. The van der Waals surface area contributed by atoms with Crippen LogP contribution in [-0.4, -0.2) is 55.1 Å². The molecule has 3 N–H and O–H groups in total. The van der Waals surface area contributed by atoms with Gasteiger partial charge >= 0.3 is 12.4 Å². The summed E-state index contributed by atoms with van der Waals surface area (Å²) >= 11 is 0. The second-order valence-corrected chi connectivity index (χ2v) is 10.4. The highest BCUT2D eigenvalue weighted by atomic mass is 19.4. The highest BCUT2D eigenvalue weighted by Crippen LogP contribution is 2.41. The van der Waals surface area contributed by atoms with Crippen LogP contribution in [0.15, 0.2) is 24.4 Å². The highest BCUT2D eigenvalue weighted by Gasteiger charge is 2.40. The molecule has 0 spiro atoms. The van der Waals surface area contributed by atoms with Gasteiger partial charge in [0, 0.05) is 19.3 Å². The van der Waals surface area contributed by atoms with Gasteiger partial charge in [-0.2, -0.15) is 26.3 Å². The van der Waals surface area contributed by atoms with E-state index in [9.17, 15) is 44.7 Å². The maximum absolute atomic E-state index is 13.9. The fourth-order valence-corrected chi connectivity index (χ4v) is 4.80. The summed E-state index contributed by atoms with van der Waals surface area (Å²) in [6.45, 7) is 0.128. The van der Waals surface area contributed by atoms with Crippen LogP contribution in [0.1, 0.15) is 79.4 Å². The topological polar surface area (TPSA) is 118 Å². The van der Waals surface area contributed by atoms with Gasteiger partial charge in [-0.1, -0.05) is 11.3 Å². The Labute approximate surface area is 233 Å². The van der Waals surface area contributed by atoms with Crippen molar-refractivity contribution in [1.82, 2.24) is 35.6 Å². The van der Waals surface area contributed by atoms with Gasteiger partial charge in [-0.25, -0.2) is 18.4 Å². The van der Waals surface area contributed by atoms with Gasteiger partial charge in [-0.05, 0) is 43.4 Å². The number of H-pyrrole nitrogens is 1. The fourth-order valence-electron chi connectivity index (χ4n) is 4.80. The molecule has 2 atom stereocenters. The number of carbonyl (C=O) groups excluding carboxylic acids is 2. The molecule has 1 saturated carbocycles. The van der Waals surface area contributed by atoms with E-state index in [1.165, 1.54) is 0 Å². The summed E-state index contributed by atoms with van der Waals surface area (Å²) in [5.41, 5.74) is 0.993. The van der Waals surface area contributed by atoms with Crippen molar-refractivity contribution in [2.24, 2.45) is 5.92 Å². The maximum atomic E-state index is 13.9. The molecule has 1 aliphatic carbocycles. The zero-order valence-electron chi connectivity index (χ0n) is 22.1. The van der Waals surface area contributed by atoms with Crippen LogP contribution in [0.5, 0.6) is 0 Å². The molecule has 0 aliphatic heterocycles. The van der Waals surface area contributed by atoms with Crippen molar-refractivity contribution in [1.29, 1.82) is 0 Å². The number of halogens is 8. The molecular formula is C25H27F8N7O2. The lowest BCUT2D eigenvalue weighted by atomic mass is 9.81. The summed E-state index contributed by atoms with van der Waals surface area (Å²) < 4.78 is 104. The van der Waals surface area contributed by atoms with Crippen molar-refractivity contribution < 1.29 is 44.7 Å². The Hall–Kier alpha value is -3.79. The third kappa shape index (κ3) is 8.38. The lowest BCUT2D eigenvalue weighted by Crippen LogP contribution is -2.37. The summed E-state index contributed by atoms with van der Waals surface area (Å²) in [7, 11) is 0. The largest absolute Gasteiger partial charge is 0.408 e. The van der Waals surface area contributed by atoms with E-state index in [0.717, 1.165) is 6.20 Å². The van der Waals surface area contributed by atoms with Gasteiger partial charge in [0.2, 0.25) is 11.8 Å². The van der Waals surface area contributed by atoms with Gasteiger partial charge in [-0.15, -0.1) is 5.10 Å². The van der Waals surface area contributed by atoms with Crippen molar-refractivity contribution in [3.63, 3.8) is 0 Å². The number of aromatic amines is 1. The van der Waals surface area contributed by atoms with E-state index in [0.29, 0.717) is 21.3 Å². The van der Waals surface area contributed by atoms with Crippen molar-refractivity contribution in [2.45, 2.75) is 82.4 Å². The van der Waals surface area contributed by atoms with E-state index in [-0.39, 0.29) is 18.7 Å². The number of benzene rings is 1. The number of hydrogen-bond donors (Lipinski definition) is 3. The number of imidazole rings is 1. The minimum absolute atomic E-state index is 0.0298. The molecule has 1 fully saturated rings. The van der Waals surface area contributed by atoms with E-state index in [1.54, 1.807) is 25.1 Å². The number of amides is 2. The van der Waals surface area contributed by atoms with Gasteiger partial charge in [0.05, 0.1) is 35.7 Å². The second-order valence-electron chi connectivity index (χ2n) is 10.4. The first kappa shape index (κ1) is 31.2. The summed E-state index contributed by atoms with van der Waals surface area (Å²) in [5.74, 6) is -4.81. The Balaban J connectivity index is 1.54. The number of nitrogens with zero attached hydrogens (tertiary/aromatic N) is 4. The first-order valence-corrected chi connectivity index (χ1v) is 13.0. The fraction of sp³-hybridized carbons (Fsp3) is 0.560. The zero-order valence-corrected chi connectivity index (χ0v) is 22.1. The Morgan fingerprint density at radius 3 is 2.43 bits per heavy atom. The summed E-state index contributed by atoms with van der Waals surface area (Å²) in [4.78, 5) is 32.4. The normalized spacial score (nSPS) is 17.6. The molecule has 17 heteroatoms. The molecule has 1 aliphatic rings. The average molecular weight is 610 g/mol. The average Bonchev–Trinajstić information content (AvgIpc) is 3.51. The Morgan fingerprint density at radius 2 is 1.79 bits per heavy atom. The molecule has 42 heavy (non-hydrogen) atoms. The van der Waals surface area contributed by atoms with E-state index in [4.69, 9.17) is 0 Å². The second kappa shape index (κ2) is 11.8. The molecule has 0 bridgehead atoms. The molecule has 9 nitrogen and oxygen atoms in total. The van der Waals surface area contributed by atoms with Crippen LogP contribution in [-0.2, 0) is 11.3 Å². The van der Waals surface area contributed by atoms with Gasteiger partial charge in [0.15, 0.2) is 5.69 Å². The molecule has 0 radical (unpaired) electrons. The van der Waals surface area contributed by atoms with E-state index >= 15 is 0 Å². The summed E-state index contributed by atoms with van der Waals surface area (Å²) in [5, 5.41) is 12.0. The predicted molar refractivity (Wildman–Crippen MR) is 131 cm³/mol. The predicted octanol–water partition coefficient (Wildman–Crippen LogP) is 5.53. The molecule has 1 aromatic carbocycles. The maximum Gasteiger partial charge on any atom is 0.408 e. The van der Waals surface area contributed by atoms with Gasteiger partial charge in [-0.3, -0.25) is 9.59 Å². The van der Waals surface area contributed by atoms with E-state index < -0.39 is 86.0 Å². The molecule has 2 amide bonds. The van der Waals surface area contributed by atoms with E-state index in [2.05, 4.69) is 30.9 Å². The van der Waals surface area contributed by atoms with Crippen LogP contribution in [0, 0.1) is 5.92 Å². The first-order valence-electron chi connectivity index (χ1n) is 13.0. The number of rotatable bonds is 9. The third-order valence-electron chi connectivity index (χ3n) is 6.96. The number of alkyl halides is 8. The molecule has 0 saturated heterocycles. The minimum atomic E-state index is -4.59. The van der Waals surface area contributed by atoms with Crippen LogP contribution in [0.3, 0.4) is 0 Å². The van der Waals surface area contributed by atoms with E-state index in [1.807, 2.05) is 0 Å². The third-order valence-corrected chi connectivity index (χ3v) is 6.96. The number of carbonyl (C=O) groups is 2. The van der Waals surface area contributed by atoms with Crippen LogP contribution in [0.2, 0.25) is 0 Å². The molecular weight excluding hydrogens is 582 g/mol. The molecule has 3 aromatic rings. The summed E-state index contributed by atoms with van der Waals surface area (Å²) in [6.07, 6.45) is -11.0. The zero-order chi connectivity index (χ0) is 30.9. The number of fused-ring (bicyclic) bond motifs is 1. The van der Waals surface area contributed by atoms with Gasteiger partial charge in [0.1, 0.15) is 12.4 Å². The quantitative estimate of drug-likeness (QED) is 0.276. The molecule has 4 rings (SSSR count). The number of aromatic nitrogens is 5. The van der Waals surface area contributed by atoms with Crippen LogP contribution >= 0.6 is 0 Å². The molecule has 0 unspecified atom stereocenters. The molecule has 2 heterocycles. The lowest BCUT2D eigenvalue weighted by Gasteiger charge is -2.33. The van der Waals surface area contributed by atoms with Crippen molar-refractivity contribution >= 4 is 22.8 Å². The van der Waals surface area contributed by atoms with Gasteiger partial charge < -0.3 is 15.6 Å². The van der Waals surface area contributed by atoms with Crippen molar-refractivity contribution in [2.75, 3.05) is 0 Å². The lowest BCUT2D eigenvalue weighted by molar-refractivity contribution is -0.144. The Bertz CT molecular complexity index is 1410. The monoisotopic (exact) mass is 609 g/mol. The minimum Gasteiger partial charge on any atom is -0.350 e. The van der Waals surface area contributed by atoms with Crippen LogP contribution in [0.4, 0.5) is 35.1 Å². The first-order chi connectivity index (χ1) is 19.5. The molecule has 2 aromatic heterocycles. The SMILES string of the molecule is C[C@@H](NC(=O)CCC(F)(F)F)c1ccc2nc([C@@H](NC(=O)c3cn(CC(F)(F)F)nn3)C3CCC(F)(F)CC3)[nH]c2c1. The van der Waals surface area contributed by atoms with Crippen molar-refractivity contribution in [3.8, 4) is 0 Å². The Kier molecular flexibility index (Phi) is 8.78. The van der Waals surface area contributed by atoms with Gasteiger partial charge in [0.25, 0.3) is 5.91 Å². The van der Waals surface area contributed by atoms with Crippen LogP contribution < -0.4 is 10.6 Å². The van der Waals surface area contributed by atoms with Crippen molar-refractivity contribution in [3.05, 3.63) is 41.5 Å². The Morgan fingerprint density at radius 1 is 1.10 bits per heavy atom. The number of nitrogens with one attached hydrogen (secondary N) is 3. The highest BCUT2D eigenvalue weighted by molar-refractivity contribution is 5.92. The number of hydrogen-bond acceptors (Lipinski definition) is 5. The molecule has 230 valence electrons. The smallest absolute Gasteiger partial charge is 0.350 e. The summed E-state index contributed by atoms with van der Waals surface area (Å²) in [6, 6.07) is 3.21.